The van der Waals surface area contributed by atoms with Crippen molar-refractivity contribution in [1.29, 1.82) is 0 Å². The van der Waals surface area contributed by atoms with Gasteiger partial charge in [-0.05, 0) is 46.4 Å². The average Bonchev–Trinajstić information content (AvgIpc) is 2.79. The number of pyridine rings is 1. The summed E-state index contributed by atoms with van der Waals surface area (Å²) in [7, 11) is -3.96. The summed E-state index contributed by atoms with van der Waals surface area (Å²) in [5, 5.41) is 27.8. The van der Waals surface area contributed by atoms with E-state index in [0.717, 1.165) is 11.1 Å². The predicted molar refractivity (Wildman–Crippen MR) is 128 cm³/mol. The van der Waals surface area contributed by atoms with E-state index in [4.69, 9.17) is 9.84 Å². The van der Waals surface area contributed by atoms with Gasteiger partial charge >= 0.3 is 11.9 Å². The average molecular weight is 501 g/mol. The van der Waals surface area contributed by atoms with Crippen molar-refractivity contribution >= 4 is 16.0 Å². The second-order valence-electron chi connectivity index (χ2n) is 9.07. The number of aromatic nitrogens is 1. The lowest BCUT2D eigenvalue weighted by Gasteiger charge is -2.24. The number of aliphatic hydroxyl groups is 2. The van der Waals surface area contributed by atoms with E-state index < -0.39 is 22.0 Å². The molecule has 0 aliphatic heterocycles. The zero-order valence-corrected chi connectivity index (χ0v) is 20.4. The molecule has 3 aromatic rings. The molecule has 0 atom stereocenters. The number of carboxylic acids is 1. The van der Waals surface area contributed by atoms with E-state index in [-0.39, 0.29) is 29.1 Å². The molecule has 0 spiro atoms. The summed E-state index contributed by atoms with van der Waals surface area (Å²) in [6.07, 6.45) is 2.75. The van der Waals surface area contributed by atoms with Crippen molar-refractivity contribution in [2.24, 2.45) is 0 Å². The lowest BCUT2D eigenvalue weighted by molar-refractivity contribution is -0.284. The lowest BCUT2D eigenvalue weighted by Crippen LogP contribution is -2.44. The van der Waals surface area contributed by atoms with Crippen molar-refractivity contribution in [3.63, 3.8) is 0 Å². The third-order valence-corrected chi connectivity index (χ3v) is 7.02. The molecule has 10 heteroatoms. The molecule has 0 amide bonds. The third-order valence-electron chi connectivity index (χ3n) is 5.25. The number of benzene rings is 2. The van der Waals surface area contributed by atoms with Crippen molar-refractivity contribution in [2.75, 3.05) is 0 Å². The smallest absolute Gasteiger partial charge is 0.426 e. The molecule has 1 heterocycles. The molecule has 3 rings (SSSR count). The molecule has 1 aromatic heterocycles. The molecule has 3 N–H and O–H groups in total. The van der Waals surface area contributed by atoms with Gasteiger partial charge in [0.25, 0.3) is 0 Å². The Morgan fingerprint density at radius 2 is 1.63 bits per heavy atom. The number of carbonyl (C=O) groups is 1. The molecule has 186 valence electrons. The van der Waals surface area contributed by atoms with Crippen LogP contribution < -0.4 is 4.74 Å². The summed E-state index contributed by atoms with van der Waals surface area (Å²) >= 11 is 0. The molecule has 9 nitrogen and oxygen atoms in total. The minimum atomic E-state index is -3.96. The summed E-state index contributed by atoms with van der Waals surface area (Å²) < 4.78 is 32.9. The first-order chi connectivity index (χ1) is 16.3. The van der Waals surface area contributed by atoms with Crippen molar-refractivity contribution in [3.05, 3.63) is 89.7 Å². The number of carboxylic acid groups (broad SMARTS) is 1. The van der Waals surface area contributed by atoms with Gasteiger partial charge in [-0.2, -0.15) is 4.31 Å². The fourth-order valence-electron chi connectivity index (χ4n) is 3.31. The normalized spacial score (nSPS) is 12.5. The quantitative estimate of drug-likeness (QED) is 0.382. The summed E-state index contributed by atoms with van der Waals surface area (Å²) in [5.74, 6) is -5.56. The Morgan fingerprint density at radius 3 is 2.20 bits per heavy atom. The Morgan fingerprint density at radius 1 is 0.971 bits per heavy atom. The first-order valence-electron chi connectivity index (χ1n) is 10.7. The van der Waals surface area contributed by atoms with E-state index in [1.807, 2.05) is 24.3 Å². The number of aliphatic carboxylic acids is 1. The van der Waals surface area contributed by atoms with Crippen molar-refractivity contribution in [3.8, 4) is 5.75 Å². The Kier molecular flexibility index (Phi) is 7.61. The zero-order valence-electron chi connectivity index (χ0n) is 19.6. The maximum atomic E-state index is 13.5. The van der Waals surface area contributed by atoms with Crippen LogP contribution in [-0.4, -0.2) is 45.0 Å². The molecule has 2 aromatic carbocycles. The van der Waals surface area contributed by atoms with Crippen molar-refractivity contribution in [2.45, 2.75) is 50.1 Å². The lowest BCUT2D eigenvalue weighted by atomic mass is 9.87. The zero-order chi connectivity index (χ0) is 25.9. The number of rotatable bonds is 9. The molecule has 0 bridgehead atoms. The number of ether oxygens (including phenoxy) is 1. The van der Waals surface area contributed by atoms with E-state index in [1.165, 1.54) is 47.0 Å². The van der Waals surface area contributed by atoms with Crippen LogP contribution in [0.5, 0.6) is 5.75 Å². The maximum Gasteiger partial charge on any atom is 0.426 e. The fraction of sp³-hybridized carbons (Fsp3) is 0.280. The molecule has 0 aliphatic rings. The molecule has 35 heavy (non-hydrogen) atoms. The van der Waals surface area contributed by atoms with Crippen LogP contribution in [0.4, 0.5) is 0 Å². The van der Waals surface area contributed by atoms with Crippen LogP contribution in [0.2, 0.25) is 0 Å². The molecule has 0 aliphatic carbocycles. The minimum Gasteiger partial charge on any atom is -0.474 e. The van der Waals surface area contributed by atoms with Crippen LogP contribution in [0, 0.1) is 0 Å². The van der Waals surface area contributed by atoms with Gasteiger partial charge in [0.2, 0.25) is 10.0 Å². The number of sulfonamides is 1. The van der Waals surface area contributed by atoms with Gasteiger partial charge in [-0.25, -0.2) is 13.2 Å². The van der Waals surface area contributed by atoms with Crippen LogP contribution in [0.25, 0.3) is 0 Å². The van der Waals surface area contributed by atoms with Gasteiger partial charge in [0.05, 0.1) is 0 Å². The standard InChI is InChI=1S/C25H28N2O7S/c1-24(2,3)20-11-9-18(10-12-20)16-27(35(32,33)22-8-5-13-26-15-22)17-19-6-4-7-21(14-19)34-25(30,31)23(28)29/h4-15,30-31H,16-17H2,1-3H3,(H,28,29). The van der Waals surface area contributed by atoms with Gasteiger partial charge in [-0.15, -0.1) is 0 Å². The number of nitrogens with zero attached hydrogens (tertiary/aromatic N) is 2. The highest BCUT2D eigenvalue weighted by molar-refractivity contribution is 7.89. The van der Waals surface area contributed by atoms with Gasteiger partial charge in [0.1, 0.15) is 10.6 Å². The highest BCUT2D eigenvalue weighted by Gasteiger charge is 2.36. The van der Waals surface area contributed by atoms with E-state index in [2.05, 4.69) is 25.8 Å². The Bertz CT molecular complexity index is 1270. The maximum absolute atomic E-state index is 13.5. The SMILES string of the molecule is CC(C)(C)c1ccc(CN(Cc2cccc(OC(O)(O)C(=O)O)c2)S(=O)(=O)c2cccnc2)cc1. The summed E-state index contributed by atoms with van der Waals surface area (Å²) in [6.45, 7) is 6.24. The molecular weight excluding hydrogens is 472 g/mol. The highest BCUT2D eigenvalue weighted by atomic mass is 32.2. The largest absolute Gasteiger partial charge is 0.474 e. The first-order valence-corrected chi connectivity index (χ1v) is 12.2. The fourth-order valence-corrected chi connectivity index (χ4v) is 4.69. The molecule has 0 radical (unpaired) electrons. The second kappa shape index (κ2) is 10.1. The molecule has 0 fully saturated rings. The van der Waals surface area contributed by atoms with Crippen LogP contribution in [0.15, 0.2) is 78.0 Å². The van der Waals surface area contributed by atoms with Gasteiger partial charge in [0, 0.05) is 25.5 Å². The van der Waals surface area contributed by atoms with Gasteiger partial charge < -0.3 is 20.1 Å². The summed E-state index contributed by atoms with van der Waals surface area (Å²) in [5.41, 5.74) is 2.28. The van der Waals surface area contributed by atoms with E-state index in [9.17, 15) is 23.4 Å². The van der Waals surface area contributed by atoms with Gasteiger partial charge in [-0.1, -0.05) is 57.2 Å². The molecule has 0 saturated carbocycles. The summed E-state index contributed by atoms with van der Waals surface area (Å²) in [6, 6.07) is 16.5. The predicted octanol–water partition coefficient (Wildman–Crippen LogP) is 2.87. The van der Waals surface area contributed by atoms with Gasteiger partial charge in [0.15, 0.2) is 0 Å². The molecular formula is C25H28N2O7S. The number of hydrogen-bond donors (Lipinski definition) is 3. The highest BCUT2D eigenvalue weighted by Crippen LogP contribution is 2.26. The van der Waals surface area contributed by atoms with Crippen LogP contribution in [-0.2, 0) is 33.3 Å². The third kappa shape index (κ3) is 6.64. The monoisotopic (exact) mass is 500 g/mol. The number of hydrogen-bond acceptors (Lipinski definition) is 7. The van der Waals surface area contributed by atoms with Crippen molar-refractivity contribution < 1.29 is 33.3 Å². The Labute approximate surface area is 204 Å². The van der Waals surface area contributed by atoms with Crippen LogP contribution in [0.3, 0.4) is 0 Å². The topological polar surface area (TPSA) is 137 Å². The molecule has 0 saturated heterocycles. The van der Waals surface area contributed by atoms with E-state index in [0.29, 0.717) is 5.56 Å². The van der Waals surface area contributed by atoms with Gasteiger partial charge in [-0.3, -0.25) is 4.98 Å². The second-order valence-corrected chi connectivity index (χ2v) is 11.0. The Balaban J connectivity index is 1.94. The van der Waals surface area contributed by atoms with Crippen LogP contribution in [0.1, 0.15) is 37.5 Å². The van der Waals surface area contributed by atoms with E-state index in [1.54, 1.807) is 6.07 Å². The molecule has 0 unspecified atom stereocenters. The minimum absolute atomic E-state index is 0.0225. The van der Waals surface area contributed by atoms with Crippen LogP contribution >= 0.6 is 0 Å². The van der Waals surface area contributed by atoms with E-state index >= 15 is 0 Å². The first kappa shape index (κ1) is 26.3. The van der Waals surface area contributed by atoms with Crippen molar-refractivity contribution in [1.82, 2.24) is 9.29 Å². The summed E-state index contributed by atoms with van der Waals surface area (Å²) in [4.78, 5) is 14.9. The Hall–Kier alpha value is -3.31.